The minimum Gasteiger partial charge on any atom is -0.486 e. The molecular weight excluding hydrogens is 412 g/mol. The van der Waals surface area contributed by atoms with Crippen LogP contribution in [0.15, 0.2) is 77.8 Å². The maximum atomic E-state index is 5.91. The highest BCUT2D eigenvalue weighted by Gasteiger charge is 2.14. The van der Waals surface area contributed by atoms with Gasteiger partial charge in [-0.2, -0.15) is 0 Å². The molecule has 5 nitrogen and oxygen atoms in total. The fourth-order valence-electron chi connectivity index (χ4n) is 2.92. The van der Waals surface area contributed by atoms with Crippen LogP contribution in [0.4, 0.5) is 0 Å². The number of thioether (sulfide) groups is 1. The molecule has 0 amide bonds. The van der Waals surface area contributed by atoms with Crippen molar-refractivity contribution >= 4 is 23.1 Å². The lowest BCUT2D eigenvalue weighted by Gasteiger charge is -2.09. The Morgan fingerprint density at radius 3 is 2.80 bits per heavy atom. The number of thiazole rings is 1. The van der Waals surface area contributed by atoms with Crippen LogP contribution in [0, 0.1) is 6.92 Å². The Morgan fingerprint density at radius 1 is 1.13 bits per heavy atom. The number of allylic oxidation sites excluding steroid dienone is 1. The van der Waals surface area contributed by atoms with Crippen LogP contribution in [-0.4, -0.2) is 19.7 Å². The standard InChI is InChI=1S/C23H22N4OS2/c1-3-12-27-21(14-28-20-11-7-8-17(2)13-20)25-26-23(27)30-16-19-15-29-22(24-19)18-9-5-4-6-10-18/h3-11,13,15H,1,12,14,16H2,2H3. The highest BCUT2D eigenvalue weighted by atomic mass is 32.2. The second-order valence-corrected chi connectivity index (χ2v) is 8.50. The van der Waals surface area contributed by atoms with Gasteiger partial charge in [0.1, 0.15) is 17.4 Å². The molecule has 0 saturated carbocycles. The third kappa shape index (κ3) is 4.98. The molecule has 4 aromatic rings. The van der Waals surface area contributed by atoms with Gasteiger partial charge in [-0.15, -0.1) is 28.1 Å². The molecule has 7 heteroatoms. The molecule has 0 radical (unpaired) electrons. The molecule has 2 aromatic carbocycles. The smallest absolute Gasteiger partial charge is 0.191 e. The topological polar surface area (TPSA) is 52.8 Å². The van der Waals surface area contributed by atoms with Crippen LogP contribution in [0.1, 0.15) is 17.1 Å². The number of ether oxygens (including phenoxy) is 1. The number of hydrogen-bond acceptors (Lipinski definition) is 6. The van der Waals surface area contributed by atoms with E-state index < -0.39 is 0 Å². The van der Waals surface area contributed by atoms with Crippen LogP contribution in [0.2, 0.25) is 0 Å². The Hall–Kier alpha value is -2.90. The number of nitrogens with zero attached hydrogens (tertiary/aromatic N) is 4. The molecule has 30 heavy (non-hydrogen) atoms. The molecule has 0 unspecified atom stereocenters. The predicted octanol–water partition coefficient (Wildman–Crippen LogP) is 5.77. The predicted molar refractivity (Wildman–Crippen MR) is 123 cm³/mol. The quantitative estimate of drug-likeness (QED) is 0.247. The largest absolute Gasteiger partial charge is 0.486 e. The van der Waals surface area contributed by atoms with Crippen molar-refractivity contribution in [2.45, 2.75) is 31.0 Å². The first-order valence-corrected chi connectivity index (χ1v) is 11.4. The minimum atomic E-state index is 0.361. The lowest BCUT2D eigenvalue weighted by atomic mass is 10.2. The molecule has 0 bridgehead atoms. The Balaban J connectivity index is 1.43. The molecule has 4 rings (SSSR count). The van der Waals surface area contributed by atoms with Gasteiger partial charge in [0.15, 0.2) is 11.0 Å². The second kappa shape index (κ2) is 9.73. The molecule has 2 aromatic heterocycles. The lowest BCUT2D eigenvalue weighted by Crippen LogP contribution is -2.07. The molecular formula is C23H22N4OS2. The van der Waals surface area contributed by atoms with Crippen LogP contribution in [0.25, 0.3) is 10.6 Å². The summed E-state index contributed by atoms with van der Waals surface area (Å²) in [5, 5.41) is 12.7. The van der Waals surface area contributed by atoms with Gasteiger partial charge in [-0.1, -0.05) is 60.3 Å². The van der Waals surface area contributed by atoms with Crippen molar-refractivity contribution in [3.05, 3.63) is 89.7 Å². The monoisotopic (exact) mass is 434 g/mol. The van der Waals surface area contributed by atoms with Crippen LogP contribution in [0.3, 0.4) is 0 Å². The van der Waals surface area contributed by atoms with Crippen LogP contribution < -0.4 is 4.74 Å². The molecule has 0 aliphatic rings. The van der Waals surface area contributed by atoms with Gasteiger partial charge in [-0.25, -0.2) is 4.98 Å². The zero-order valence-corrected chi connectivity index (χ0v) is 18.3. The average Bonchev–Trinajstić information content (AvgIpc) is 3.39. The maximum Gasteiger partial charge on any atom is 0.191 e. The van der Waals surface area contributed by atoms with Gasteiger partial charge in [0.25, 0.3) is 0 Å². The number of benzene rings is 2. The Bertz CT molecular complexity index is 1120. The van der Waals surface area contributed by atoms with Gasteiger partial charge >= 0.3 is 0 Å². The van der Waals surface area contributed by atoms with Crippen molar-refractivity contribution in [3.8, 4) is 16.3 Å². The molecule has 0 spiro atoms. The molecule has 0 aliphatic carbocycles. The average molecular weight is 435 g/mol. The normalized spacial score (nSPS) is 10.8. The third-order valence-corrected chi connectivity index (χ3v) is 6.32. The van der Waals surface area contributed by atoms with E-state index in [-0.39, 0.29) is 0 Å². The van der Waals surface area contributed by atoms with Gasteiger partial charge in [-0.05, 0) is 24.6 Å². The number of aromatic nitrogens is 4. The van der Waals surface area contributed by atoms with Crippen LogP contribution in [-0.2, 0) is 18.9 Å². The minimum absolute atomic E-state index is 0.361. The molecule has 152 valence electrons. The Morgan fingerprint density at radius 2 is 2.00 bits per heavy atom. The van der Waals surface area contributed by atoms with E-state index in [4.69, 9.17) is 9.72 Å². The summed E-state index contributed by atoms with van der Waals surface area (Å²) in [6.45, 7) is 6.90. The van der Waals surface area contributed by atoms with E-state index in [2.05, 4.69) is 34.3 Å². The summed E-state index contributed by atoms with van der Waals surface area (Å²) >= 11 is 3.28. The second-order valence-electron chi connectivity index (χ2n) is 6.70. The van der Waals surface area contributed by atoms with Gasteiger partial charge in [0, 0.05) is 23.2 Å². The van der Waals surface area contributed by atoms with Crippen molar-refractivity contribution < 1.29 is 4.74 Å². The zero-order chi connectivity index (χ0) is 20.8. The van der Waals surface area contributed by atoms with Gasteiger partial charge in [0.2, 0.25) is 0 Å². The first-order chi connectivity index (χ1) is 14.7. The lowest BCUT2D eigenvalue weighted by molar-refractivity contribution is 0.289. The fourth-order valence-corrected chi connectivity index (χ4v) is 4.71. The molecule has 0 aliphatic heterocycles. The molecule has 0 atom stereocenters. The summed E-state index contributed by atoms with van der Waals surface area (Å²) in [7, 11) is 0. The summed E-state index contributed by atoms with van der Waals surface area (Å²) in [6.07, 6.45) is 1.85. The first-order valence-electron chi connectivity index (χ1n) is 9.58. The van der Waals surface area contributed by atoms with Crippen molar-refractivity contribution in [1.82, 2.24) is 19.7 Å². The molecule has 0 N–H and O–H groups in total. The zero-order valence-electron chi connectivity index (χ0n) is 16.7. The van der Waals surface area contributed by atoms with Gasteiger partial charge < -0.3 is 4.74 Å². The molecule has 2 heterocycles. The van der Waals surface area contributed by atoms with Crippen molar-refractivity contribution in [2.75, 3.05) is 0 Å². The summed E-state index contributed by atoms with van der Waals surface area (Å²) in [5.41, 5.74) is 3.34. The van der Waals surface area contributed by atoms with E-state index in [9.17, 15) is 0 Å². The summed E-state index contributed by atoms with van der Waals surface area (Å²) in [4.78, 5) is 4.76. The van der Waals surface area contributed by atoms with E-state index in [1.807, 2.05) is 60.0 Å². The molecule has 0 saturated heterocycles. The van der Waals surface area contributed by atoms with Crippen molar-refractivity contribution in [1.29, 1.82) is 0 Å². The van der Waals surface area contributed by atoms with Crippen molar-refractivity contribution in [3.63, 3.8) is 0 Å². The Labute approximate surface area is 184 Å². The first kappa shape index (κ1) is 20.4. The summed E-state index contributed by atoms with van der Waals surface area (Å²) in [5.74, 6) is 2.34. The van der Waals surface area contributed by atoms with Crippen LogP contribution in [0.5, 0.6) is 5.75 Å². The van der Waals surface area contributed by atoms with Crippen LogP contribution >= 0.6 is 23.1 Å². The van der Waals surface area contributed by atoms with E-state index in [0.717, 1.165) is 44.3 Å². The van der Waals surface area contributed by atoms with E-state index >= 15 is 0 Å². The van der Waals surface area contributed by atoms with E-state index in [1.54, 1.807) is 23.1 Å². The summed E-state index contributed by atoms with van der Waals surface area (Å²) in [6, 6.07) is 18.2. The Kier molecular flexibility index (Phi) is 6.61. The van der Waals surface area contributed by atoms with Gasteiger partial charge in [-0.3, -0.25) is 4.57 Å². The SMILES string of the molecule is C=CCn1c(COc2cccc(C)c2)nnc1SCc1csc(-c2ccccc2)n1. The third-order valence-electron chi connectivity index (χ3n) is 4.38. The van der Waals surface area contributed by atoms with E-state index in [1.165, 1.54) is 0 Å². The molecule has 0 fully saturated rings. The highest BCUT2D eigenvalue weighted by Crippen LogP contribution is 2.28. The number of aryl methyl sites for hydroxylation is 1. The fraction of sp³-hybridized carbons (Fsp3) is 0.174. The van der Waals surface area contributed by atoms with Crippen molar-refractivity contribution in [2.24, 2.45) is 0 Å². The van der Waals surface area contributed by atoms with E-state index in [0.29, 0.717) is 13.2 Å². The number of rotatable bonds is 9. The number of hydrogen-bond donors (Lipinski definition) is 0. The highest BCUT2D eigenvalue weighted by molar-refractivity contribution is 7.98. The summed E-state index contributed by atoms with van der Waals surface area (Å²) < 4.78 is 7.95. The van der Waals surface area contributed by atoms with Gasteiger partial charge in [0.05, 0.1) is 5.69 Å². The maximum absolute atomic E-state index is 5.91.